The van der Waals surface area contributed by atoms with E-state index >= 15 is 0 Å². The Bertz CT molecular complexity index is 341. The molecule has 0 radical (unpaired) electrons. The van der Waals surface area contributed by atoms with Crippen LogP contribution in [-0.4, -0.2) is 17.7 Å². The summed E-state index contributed by atoms with van der Waals surface area (Å²) >= 11 is 5.66. The van der Waals surface area contributed by atoms with Crippen LogP contribution in [0.15, 0.2) is 18.2 Å². The van der Waals surface area contributed by atoms with Gasteiger partial charge in [-0.3, -0.25) is 0 Å². The van der Waals surface area contributed by atoms with Crippen LogP contribution in [-0.2, 0) is 21.1 Å². The van der Waals surface area contributed by atoms with Gasteiger partial charge >= 0.3 is 5.97 Å². The molecule has 82 valence electrons. The molecular weight excluding hydrogens is 387 g/mol. The Morgan fingerprint density at radius 3 is 2.73 bits per heavy atom. The number of hydrogen-bond donors (Lipinski definition) is 1. The molecule has 1 aromatic carbocycles. The average molecular weight is 397 g/mol. The summed E-state index contributed by atoms with van der Waals surface area (Å²) in [6.07, 6.45) is 0.585. The van der Waals surface area contributed by atoms with Crippen molar-refractivity contribution in [2.24, 2.45) is 0 Å². The molecule has 5 heteroatoms. The van der Waals surface area contributed by atoms with E-state index in [2.05, 4.69) is 6.92 Å². The molecule has 0 aliphatic rings. The molecule has 0 bridgehead atoms. The minimum atomic E-state index is -1.05. The summed E-state index contributed by atoms with van der Waals surface area (Å²) in [5.41, 5.74) is 0.0750. The molecule has 1 rings (SSSR count). The average Bonchev–Trinajstić information content (AvgIpc) is 2.15. The van der Waals surface area contributed by atoms with Crippen molar-refractivity contribution in [1.82, 2.24) is 0 Å². The van der Waals surface area contributed by atoms with Crippen molar-refractivity contribution in [3.63, 3.8) is 0 Å². The van der Waals surface area contributed by atoms with Gasteiger partial charge in [0.25, 0.3) is 0 Å². The van der Waals surface area contributed by atoms with Gasteiger partial charge < -0.3 is 16.8 Å². The van der Waals surface area contributed by atoms with Gasteiger partial charge in [-0.2, -0.15) is 0 Å². The van der Waals surface area contributed by atoms with Crippen LogP contribution >= 0.6 is 11.6 Å². The fraction of sp³-hybridized carbons (Fsp3) is 0.200. The van der Waals surface area contributed by atoms with Crippen molar-refractivity contribution in [2.75, 3.05) is 6.61 Å². The first kappa shape index (κ1) is 14.5. The molecule has 0 fully saturated rings. The molecule has 0 aromatic heterocycles. The quantitative estimate of drug-likeness (QED) is 0.795. The summed E-state index contributed by atoms with van der Waals surface area (Å²) < 4.78 is 5.20. The third-order valence-electron chi connectivity index (χ3n) is 1.57. The maximum absolute atomic E-state index is 10.8. The van der Waals surface area contributed by atoms with Crippen molar-refractivity contribution < 1.29 is 35.7 Å². The van der Waals surface area contributed by atoms with E-state index in [1.807, 2.05) is 0 Å². The van der Waals surface area contributed by atoms with Crippen LogP contribution in [0, 0.1) is 6.92 Å². The fourth-order valence-corrected chi connectivity index (χ4v) is 1.15. The van der Waals surface area contributed by atoms with Crippen molar-refractivity contribution in [2.45, 2.75) is 6.42 Å². The Morgan fingerprint density at radius 1 is 1.53 bits per heavy atom. The number of carboxylic acids is 1. The molecule has 0 spiro atoms. The zero-order chi connectivity index (χ0) is 10.6. The largest absolute Gasteiger partial charge is 0.495 e. The van der Waals surface area contributed by atoms with Crippen LogP contribution in [0.25, 0.3) is 0 Å². The summed E-state index contributed by atoms with van der Waals surface area (Å²) in [4.78, 5) is 10.8. The first-order valence-electron chi connectivity index (χ1n) is 4.10. The molecule has 3 nitrogen and oxygen atoms in total. The van der Waals surface area contributed by atoms with Crippen LogP contribution < -0.4 is 4.74 Å². The minimum Gasteiger partial charge on any atom is -0.495 e. The molecule has 0 aliphatic carbocycles. The number of halogens is 1. The van der Waals surface area contributed by atoms with E-state index in [9.17, 15) is 4.79 Å². The number of ether oxygens (including phenoxy) is 1. The second kappa shape index (κ2) is 6.86. The van der Waals surface area contributed by atoms with Gasteiger partial charge in [0, 0.05) is 26.1 Å². The van der Waals surface area contributed by atoms with Crippen molar-refractivity contribution in [1.29, 1.82) is 0 Å². The van der Waals surface area contributed by atoms with Crippen molar-refractivity contribution >= 4 is 17.6 Å². The van der Waals surface area contributed by atoms with E-state index in [1.165, 1.54) is 6.07 Å². The first-order chi connectivity index (χ1) is 6.65. The molecule has 0 saturated heterocycles. The fourth-order valence-electron chi connectivity index (χ4n) is 0.977. The maximum atomic E-state index is 10.8. The Labute approximate surface area is 108 Å². The van der Waals surface area contributed by atoms with Gasteiger partial charge in [0.1, 0.15) is 11.3 Å². The topological polar surface area (TPSA) is 46.5 Å². The van der Waals surface area contributed by atoms with E-state index in [4.69, 9.17) is 21.4 Å². The first-order valence-corrected chi connectivity index (χ1v) is 4.48. The molecule has 15 heavy (non-hydrogen) atoms. The van der Waals surface area contributed by atoms with Crippen molar-refractivity contribution in [3.8, 4) is 5.75 Å². The number of hydrogen-bond acceptors (Lipinski definition) is 2. The third kappa shape index (κ3) is 4.23. The third-order valence-corrected chi connectivity index (χ3v) is 1.81. The molecule has 1 aromatic rings. The number of carboxylic acid groups (broad SMARTS) is 1. The summed E-state index contributed by atoms with van der Waals surface area (Å²) in [6, 6.07) is 4.50. The molecule has 0 amide bonds. The Kier molecular flexibility index (Phi) is 6.62. The predicted octanol–water partition coefficient (Wildman–Crippen LogP) is 2.64. The molecular formula is C10H10ClO3W-. The Balaban J connectivity index is 0.00000196. The Hall–Kier alpha value is -0.532. The van der Waals surface area contributed by atoms with Gasteiger partial charge in [-0.25, -0.2) is 4.79 Å². The van der Waals surface area contributed by atoms with E-state index in [1.54, 1.807) is 12.1 Å². The van der Waals surface area contributed by atoms with Crippen molar-refractivity contribution in [3.05, 3.63) is 35.7 Å². The van der Waals surface area contributed by atoms with Gasteiger partial charge in [-0.1, -0.05) is 11.6 Å². The van der Waals surface area contributed by atoms with E-state index < -0.39 is 5.97 Å². The van der Waals surface area contributed by atoms with Crippen LogP contribution in [0.3, 0.4) is 0 Å². The van der Waals surface area contributed by atoms with Crippen LogP contribution in [0.4, 0.5) is 0 Å². The SMILES string of the molecule is [CH2-]CCOc1ccc(Cl)cc1C(=O)O.[W]. The normalized spacial score (nSPS) is 9.20. The zero-order valence-corrected chi connectivity index (χ0v) is 11.6. The standard InChI is InChI=1S/C10H10ClO3.W/c1-2-5-14-9-4-3-7(11)6-8(9)10(12)13;/h3-4,6H,1-2,5H2,(H,12,13);/q-1;. The van der Waals surface area contributed by atoms with E-state index in [-0.39, 0.29) is 26.6 Å². The number of aromatic carboxylic acids is 1. The second-order valence-electron chi connectivity index (χ2n) is 2.65. The van der Waals surface area contributed by atoms with Crippen LogP contribution in [0.5, 0.6) is 5.75 Å². The maximum Gasteiger partial charge on any atom is 0.339 e. The number of carbonyl (C=O) groups is 1. The predicted molar refractivity (Wildman–Crippen MR) is 53.9 cm³/mol. The van der Waals surface area contributed by atoms with E-state index in [0.717, 1.165) is 0 Å². The van der Waals surface area contributed by atoms with Gasteiger partial charge in [0.15, 0.2) is 0 Å². The summed E-state index contributed by atoms with van der Waals surface area (Å²) in [6.45, 7) is 3.99. The van der Waals surface area contributed by atoms with Gasteiger partial charge in [-0.15, -0.1) is 6.42 Å². The zero-order valence-electron chi connectivity index (χ0n) is 7.90. The molecule has 0 aliphatic heterocycles. The van der Waals surface area contributed by atoms with Crippen LogP contribution in [0.1, 0.15) is 16.8 Å². The smallest absolute Gasteiger partial charge is 0.339 e. The van der Waals surface area contributed by atoms with Gasteiger partial charge in [-0.05, 0) is 18.2 Å². The van der Waals surface area contributed by atoms with E-state index in [0.29, 0.717) is 23.8 Å². The minimum absolute atomic E-state index is 0. The summed E-state index contributed by atoms with van der Waals surface area (Å²) in [5, 5.41) is 9.21. The summed E-state index contributed by atoms with van der Waals surface area (Å²) in [7, 11) is 0. The molecule has 0 unspecified atom stereocenters. The summed E-state index contributed by atoms with van der Waals surface area (Å²) in [5.74, 6) is -0.725. The number of benzene rings is 1. The molecule has 1 N–H and O–H groups in total. The molecule has 0 atom stereocenters. The van der Waals surface area contributed by atoms with Gasteiger partial charge in [0.2, 0.25) is 0 Å². The van der Waals surface area contributed by atoms with Gasteiger partial charge in [0.05, 0.1) is 6.61 Å². The molecule has 0 saturated carbocycles. The van der Waals surface area contributed by atoms with Crippen LogP contribution in [0.2, 0.25) is 5.02 Å². The Morgan fingerprint density at radius 2 is 2.20 bits per heavy atom. The monoisotopic (exact) mass is 397 g/mol. The second-order valence-corrected chi connectivity index (χ2v) is 3.08. The molecule has 0 heterocycles. The number of rotatable bonds is 4.